The van der Waals surface area contributed by atoms with E-state index in [4.69, 9.17) is 4.74 Å². The van der Waals surface area contributed by atoms with E-state index in [0.29, 0.717) is 36.3 Å². The molecular formula is C22H23FN6O4S. The van der Waals surface area contributed by atoms with E-state index in [2.05, 4.69) is 20.4 Å². The summed E-state index contributed by atoms with van der Waals surface area (Å²) in [6.45, 7) is 4.34. The topological polar surface area (TPSA) is 115 Å². The van der Waals surface area contributed by atoms with Crippen molar-refractivity contribution in [2.45, 2.75) is 11.7 Å². The van der Waals surface area contributed by atoms with Gasteiger partial charge in [-0.1, -0.05) is 23.9 Å². The van der Waals surface area contributed by atoms with Crippen LogP contribution in [0.2, 0.25) is 0 Å². The molecule has 1 aliphatic rings. The lowest BCUT2D eigenvalue weighted by Crippen LogP contribution is -2.38. The molecule has 0 saturated carbocycles. The Bertz CT molecular complexity index is 1150. The summed E-state index contributed by atoms with van der Waals surface area (Å²) in [6.07, 6.45) is 0. The number of halogens is 1. The van der Waals surface area contributed by atoms with Crippen LogP contribution in [-0.4, -0.2) is 69.1 Å². The zero-order chi connectivity index (χ0) is 23.9. The highest BCUT2D eigenvalue weighted by atomic mass is 32.2. The van der Waals surface area contributed by atoms with Gasteiger partial charge < -0.3 is 14.6 Å². The van der Waals surface area contributed by atoms with E-state index in [9.17, 15) is 19.3 Å². The molecule has 1 aliphatic heterocycles. The van der Waals surface area contributed by atoms with Crippen LogP contribution in [0.1, 0.15) is 0 Å². The monoisotopic (exact) mass is 486 g/mol. The number of hydrogen-bond acceptors (Lipinski definition) is 8. The summed E-state index contributed by atoms with van der Waals surface area (Å²) in [5, 5.41) is 22.8. The van der Waals surface area contributed by atoms with Crippen molar-refractivity contribution in [3.05, 3.63) is 64.5 Å². The van der Waals surface area contributed by atoms with E-state index in [1.165, 1.54) is 42.1 Å². The fourth-order valence-corrected chi connectivity index (χ4v) is 4.30. The number of nitrogens with one attached hydrogen (secondary N) is 1. The Balaban J connectivity index is 1.48. The first-order valence-electron chi connectivity index (χ1n) is 10.7. The van der Waals surface area contributed by atoms with Crippen LogP contribution >= 0.6 is 11.8 Å². The molecule has 0 spiro atoms. The second-order valence-electron chi connectivity index (χ2n) is 7.53. The number of thioether (sulfide) groups is 1. The number of anilines is 1. The number of benzene rings is 2. The highest BCUT2D eigenvalue weighted by Gasteiger charge is 2.19. The third-order valence-corrected chi connectivity index (χ3v) is 6.24. The fourth-order valence-electron chi connectivity index (χ4n) is 3.53. The van der Waals surface area contributed by atoms with Gasteiger partial charge in [0.15, 0.2) is 11.0 Å². The van der Waals surface area contributed by atoms with Crippen molar-refractivity contribution in [2.75, 3.05) is 43.9 Å². The SMILES string of the molecule is O=C(CSc1nnc(-c2ccc(F)cc2)n1CCN1CCOCC1)Nc1ccccc1[N+](=O)[O-]. The molecule has 12 heteroatoms. The van der Waals surface area contributed by atoms with E-state index in [1.54, 1.807) is 18.2 Å². The van der Waals surface area contributed by atoms with Crippen LogP contribution in [0, 0.1) is 15.9 Å². The number of hydrogen-bond donors (Lipinski definition) is 1. The van der Waals surface area contributed by atoms with Gasteiger partial charge in [0, 0.05) is 37.8 Å². The highest BCUT2D eigenvalue weighted by molar-refractivity contribution is 7.99. The largest absolute Gasteiger partial charge is 0.379 e. The number of para-hydroxylation sites is 2. The lowest BCUT2D eigenvalue weighted by atomic mass is 10.2. The van der Waals surface area contributed by atoms with E-state index >= 15 is 0 Å². The first kappa shape index (κ1) is 23.8. The molecule has 4 rings (SSSR count). The van der Waals surface area contributed by atoms with Crippen LogP contribution in [0.4, 0.5) is 15.8 Å². The molecule has 1 amide bonds. The molecule has 0 atom stereocenters. The lowest BCUT2D eigenvalue weighted by molar-refractivity contribution is -0.383. The Morgan fingerprint density at radius 1 is 1.12 bits per heavy atom. The van der Waals surface area contributed by atoms with Gasteiger partial charge in [-0.2, -0.15) is 0 Å². The second-order valence-corrected chi connectivity index (χ2v) is 8.47. The minimum absolute atomic E-state index is 0.00878. The van der Waals surface area contributed by atoms with Crippen LogP contribution in [-0.2, 0) is 16.1 Å². The molecule has 3 aromatic rings. The number of ether oxygens (including phenoxy) is 1. The number of morpholine rings is 1. The van der Waals surface area contributed by atoms with Gasteiger partial charge in [-0.05, 0) is 30.3 Å². The van der Waals surface area contributed by atoms with Gasteiger partial charge in [-0.25, -0.2) is 4.39 Å². The molecule has 2 heterocycles. The molecule has 10 nitrogen and oxygen atoms in total. The zero-order valence-corrected chi connectivity index (χ0v) is 19.0. The van der Waals surface area contributed by atoms with E-state index < -0.39 is 10.8 Å². The molecule has 178 valence electrons. The van der Waals surface area contributed by atoms with Gasteiger partial charge in [0.1, 0.15) is 11.5 Å². The van der Waals surface area contributed by atoms with Crippen molar-refractivity contribution in [1.29, 1.82) is 0 Å². The normalized spacial score (nSPS) is 14.1. The molecule has 0 bridgehead atoms. The van der Waals surface area contributed by atoms with Gasteiger partial charge in [0.05, 0.1) is 23.9 Å². The second kappa shape index (κ2) is 11.2. The molecule has 34 heavy (non-hydrogen) atoms. The van der Waals surface area contributed by atoms with Crippen LogP contribution in [0.15, 0.2) is 53.7 Å². The summed E-state index contributed by atoms with van der Waals surface area (Å²) >= 11 is 1.18. The molecule has 0 radical (unpaired) electrons. The van der Waals surface area contributed by atoms with Crippen molar-refractivity contribution in [3.63, 3.8) is 0 Å². The molecule has 0 unspecified atom stereocenters. The average molecular weight is 487 g/mol. The minimum atomic E-state index is -0.542. The van der Waals surface area contributed by atoms with E-state index in [1.807, 2.05) is 4.57 Å². The highest BCUT2D eigenvalue weighted by Crippen LogP contribution is 2.26. The van der Waals surface area contributed by atoms with Crippen LogP contribution < -0.4 is 5.32 Å². The molecule has 1 saturated heterocycles. The van der Waals surface area contributed by atoms with Crippen LogP contribution in [0.3, 0.4) is 0 Å². The molecule has 2 aromatic carbocycles. The third kappa shape index (κ3) is 5.95. The predicted octanol–water partition coefficient (Wildman–Crippen LogP) is 3.06. The number of carbonyl (C=O) groups is 1. The van der Waals surface area contributed by atoms with E-state index in [0.717, 1.165) is 19.6 Å². The number of carbonyl (C=O) groups excluding carboxylic acids is 1. The molecule has 0 aliphatic carbocycles. The number of amides is 1. The molecular weight excluding hydrogens is 463 g/mol. The Morgan fingerprint density at radius 3 is 2.59 bits per heavy atom. The summed E-state index contributed by atoms with van der Waals surface area (Å²) in [4.78, 5) is 25.4. The Labute approximate surface area is 199 Å². The van der Waals surface area contributed by atoms with Crippen molar-refractivity contribution in [3.8, 4) is 11.4 Å². The first-order valence-corrected chi connectivity index (χ1v) is 11.6. The summed E-state index contributed by atoms with van der Waals surface area (Å²) in [6, 6.07) is 12.0. The number of aromatic nitrogens is 3. The number of nitro benzene ring substituents is 1. The minimum Gasteiger partial charge on any atom is -0.379 e. The van der Waals surface area contributed by atoms with Crippen LogP contribution in [0.5, 0.6) is 0 Å². The van der Waals surface area contributed by atoms with Crippen molar-refractivity contribution < 1.29 is 18.8 Å². The predicted molar refractivity (Wildman–Crippen MR) is 125 cm³/mol. The van der Waals surface area contributed by atoms with Crippen molar-refractivity contribution in [2.24, 2.45) is 0 Å². The Kier molecular flexibility index (Phi) is 7.83. The molecule has 1 fully saturated rings. The summed E-state index contributed by atoms with van der Waals surface area (Å²) in [5.74, 6) is -0.171. The lowest BCUT2D eigenvalue weighted by Gasteiger charge is -2.27. The quantitative estimate of drug-likeness (QED) is 0.279. The summed E-state index contributed by atoms with van der Waals surface area (Å²) in [7, 11) is 0. The van der Waals surface area contributed by atoms with Gasteiger partial charge in [0.2, 0.25) is 5.91 Å². The van der Waals surface area contributed by atoms with Gasteiger partial charge in [-0.15, -0.1) is 10.2 Å². The van der Waals surface area contributed by atoms with Crippen molar-refractivity contribution >= 4 is 29.0 Å². The summed E-state index contributed by atoms with van der Waals surface area (Å²) in [5.41, 5.74) is 0.680. The zero-order valence-electron chi connectivity index (χ0n) is 18.2. The van der Waals surface area contributed by atoms with Gasteiger partial charge in [0.25, 0.3) is 5.69 Å². The standard InChI is InChI=1S/C22H23FN6O4S/c23-17-7-5-16(6-8-17)21-25-26-22(28(21)10-9-27-11-13-33-14-12-27)34-15-20(30)24-18-3-1-2-4-19(18)29(31)32/h1-8H,9-15H2,(H,24,30). The fraction of sp³-hybridized carbons (Fsp3) is 0.318. The molecule has 1 N–H and O–H groups in total. The van der Waals surface area contributed by atoms with E-state index in [-0.39, 0.29) is 22.9 Å². The maximum absolute atomic E-state index is 13.4. The first-order chi connectivity index (χ1) is 16.5. The smallest absolute Gasteiger partial charge is 0.292 e. The maximum atomic E-state index is 13.4. The Morgan fingerprint density at radius 2 is 1.85 bits per heavy atom. The Hall–Kier alpha value is -3.35. The third-order valence-electron chi connectivity index (χ3n) is 5.27. The van der Waals surface area contributed by atoms with Gasteiger partial charge >= 0.3 is 0 Å². The molecule has 1 aromatic heterocycles. The average Bonchev–Trinajstić information content (AvgIpc) is 3.25. The number of nitrogens with zero attached hydrogens (tertiary/aromatic N) is 5. The maximum Gasteiger partial charge on any atom is 0.292 e. The van der Waals surface area contributed by atoms with Crippen LogP contribution in [0.25, 0.3) is 11.4 Å². The van der Waals surface area contributed by atoms with Gasteiger partial charge in [-0.3, -0.25) is 19.8 Å². The number of nitro groups is 1. The number of rotatable bonds is 9. The van der Waals surface area contributed by atoms with Crippen molar-refractivity contribution in [1.82, 2.24) is 19.7 Å². The summed E-state index contributed by atoms with van der Waals surface area (Å²) < 4.78 is 20.7.